The summed E-state index contributed by atoms with van der Waals surface area (Å²) in [6.07, 6.45) is 0.0338. The molecule has 0 aliphatic rings. The summed E-state index contributed by atoms with van der Waals surface area (Å²) in [4.78, 5) is 4.11. The average Bonchev–Trinajstić information content (AvgIpc) is 2.36. The minimum absolute atomic E-state index is 0.0338. The predicted octanol–water partition coefficient (Wildman–Crippen LogP) is 3.07. The average molecular weight is 261 g/mol. The molecule has 1 aromatic rings. The molecule has 0 aliphatic carbocycles. The van der Waals surface area contributed by atoms with Gasteiger partial charge < -0.3 is 4.74 Å². The number of aliphatic imine (C=N–C) groups is 1. The number of hydrogen-bond acceptors (Lipinski definition) is 5. The zero-order valence-corrected chi connectivity index (χ0v) is 11.5. The monoisotopic (exact) mass is 261 g/mol. The molecule has 0 heterocycles. The van der Waals surface area contributed by atoms with Crippen molar-refractivity contribution in [2.75, 3.05) is 7.05 Å². The summed E-state index contributed by atoms with van der Waals surface area (Å²) in [5.41, 5.74) is 1.33. The molecular weight excluding hydrogens is 246 g/mol. The van der Waals surface area contributed by atoms with Gasteiger partial charge in [0.15, 0.2) is 0 Å². The standard InChI is InChI=1S/C13H15N3OS/c1-9(2)17-12-6-5-10(7-11(12)8-14)13(15-3)18-16-4/h5-7,9H,4H2,1-3H3. The Kier molecular flexibility index (Phi) is 5.40. The second-order valence-corrected chi connectivity index (χ2v) is 4.57. The van der Waals surface area contributed by atoms with Crippen LogP contribution in [0.3, 0.4) is 0 Å². The van der Waals surface area contributed by atoms with Gasteiger partial charge in [-0.15, -0.1) is 0 Å². The Balaban J connectivity index is 3.13. The van der Waals surface area contributed by atoms with E-state index in [1.807, 2.05) is 19.9 Å². The fourth-order valence-corrected chi connectivity index (χ4v) is 1.83. The third-order valence-corrected chi connectivity index (χ3v) is 2.78. The Labute approximate surface area is 112 Å². The maximum Gasteiger partial charge on any atom is 0.137 e. The minimum Gasteiger partial charge on any atom is -0.490 e. The molecule has 0 aliphatic heterocycles. The molecule has 4 nitrogen and oxygen atoms in total. The van der Waals surface area contributed by atoms with E-state index in [1.165, 1.54) is 11.9 Å². The fraction of sp³-hybridized carbons (Fsp3) is 0.308. The van der Waals surface area contributed by atoms with E-state index in [2.05, 4.69) is 22.2 Å². The molecule has 5 heteroatoms. The predicted molar refractivity (Wildman–Crippen MR) is 76.5 cm³/mol. The SMILES string of the molecule is C=NSC(=NC)c1ccc(OC(C)C)c(C#N)c1. The summed E-state index contributed by atoms with van der Waals surface area (Å²) in [5.74, 6) is 0.586. The van der Waals surface area contributed by atoms with Crippen molar-refractivity contribution in [1.29, 1.82) is 5.26 Å². The molecule has 0 aromatic heterocycles. The summed E-state index contributed by atoms with van der Waals surface area (Å²) in [7, 11) is 1.68. The van der Waals surface area contributed by atoms with Crippen LogP contribution in [0.25, 0.3) is 0 Å². The number of rotatable bonds is 4. The van der Waals surface area contributed by atoms with E-state index in [0.717, 1.165) is 10.6 Å². The number of hydrogen-bond donors (Lipinski definition) is 0. The van der Waals surface area contributed by atoms with Crippen molar-refractivity contribution in [1.82, 2.24) is 0 Å². The van der Waals surface area contributed by atoms with E-state index >= 15 is 0 Å². The van der Waals surface area contributed by atoms with Crippen LogP contribution in [0.15, 0.2) is 27.6 Å². The second kappa shape index (κ2) is 6.82. The first kappa shape index (κ1) is 14.3. The van der Waals surface area contributed by atoms with Gasteiger partial charge in [-0.05, 0) is 38.8 Å². The van der Waals surface area contributed by atoms with Crippen LogP contribution in [0, 0.1) is 11.3 Å². The molecule has 0 unspecified atom stereocenters. The van der Waals surface area contributed by atoms with Crippen LogP contribution < -0.4 is 4.74 Å². The Morgan fingerprint density at radius 1 is 1.50 bits per heavy atom. The van der Waals surface area contributed by atoms with Crippen molar-refractivity contribution in [3.05, 3.63) is 29.3 Å². The largest absolute Gasteiger partial charge is 0.490 e. The van der Waals surface area contributed by atoms with Crippen molar-refractivity contribution >= 4 is 23.7 Å². The lowest BCUT2D eigenvalue weighted by Gasteiger charge is -2.12. The Morgan fingerprint density at radius 3 is 2.72 bits per heavy atom. The van der Waals surface area contributed by atoms with Crippen LogP contribution in [-0.4, -0.2) is 24.9 Å². The summed E-state index contributed by atoms with van der Waals surface area (Å²) < 4.78 is 9.29. The van der Waals surface area contributed by atoms with Crippen LogP contribution in [0.5, 0.6) is 5.75 Å². The molecule has 94 valence electrons. The second-order valence-electron chi connectivity index (χ2n) is 3.74. The summed E-state index contributed by atoms with van der Waals surface area (Å²) in [6, 6.07) is 7.52. The molecule has 0 spiro atoms. The summed E-state index contributed by atoms with van der Waals surface area (Å²) in [5, 5.41) is 9.85. The van der Waals surface area contributed by atoms with Gasteiger partial charge in [0.1, 0.15) is 16.9 Å². The van der Waals surface area contributed by atoms with E-state index in [-0.39, 0.29) is 6.10 Å². The molecule has 1 aromatic carbocycles. The first-order valence-electron chi connectivity index (χ1n) is 5.43. The maximum absolute atomic E-state index is 9.13. The smallest absolute Gasteiger partial charge is 0.137 e. The highest BCUT2D eigenvalue weighted by Crippen LogP contribution is 2.23. The number of nitrogens with zero attached hydrogens (tertiary/aromatic N) is 3. The number of ether oxygens (including phenoxy) is 1. The Bertz CT molecular complexity index is 503. The van der Waals surface area contributed by atoms with E-state index in [0.29, 0.717) is 11.3 Å². The highest BCUT2D eigenvalue weighted by Gasteiger charge is 2.10. The highest BCUT2D eigenvalue weighted by atomic mass is 32.2. The molecule has 0 N–H and O–H groups in total. The molecule has 1 rings (SSSR count). The molecule has 18 heavy (non-hydrogen) atoms. The van der Waals surface area contributed by atoms with Gasteiger partial charge in [-0.3, -0.25) is 4.99 Å². The third-order valence-electron chi connectivity index (χ3n) is 2.06. The third kappa shape index (κ3) is 3.60. The van der Waals surface area contributed by atoms with Crippen molar-refractivity contribution in [3.63, 3.8) is 0 Å². The molecule has 0 saturated heterocycles. The lowest BCUT2D eigenvalue weighted by atomic mass is 10.1. The van der Waals surface area contributed by atoms with E-state index < -0.39 is 0 Å². The minimum atomic E-state index is 0.0338. The van der Waals surface area contributed by atoms with Crippen LogP contribution in [-0.2, 0) is 0 Å². The zero-order chi connectivity index (χ0) is 13.5. The summed E-state index contributed by atoms with van der Waals surface area (Å²) in [6.45, 7) is 7.26. The fourth-order valence-electron chi connectivity index (χ4n) is 1.39. The molecule has 0 fully saturated rings. The highest BCUT2D eigenvalue weighted by molar-refractivity contribution is 8.13. The van der Waals surface area contributed by atoms with Gasteiger partial charge in [-0.2, -0.15) is 5.26 Å². The van der Waals surface area contributed by atoms with Crippen molar-refractivity contribution in [2.45, 2.75) is 20.0 Å². The van der Waals surface area contributed by atoms with Gasteiger partial charge in [-0.1, -0.05) is 0 Å². The number of benzene rings is 1. The van der Waals surface area contributed by atoms with Crippen LogP contribution in [0.1, 0.15) is 25.0 Å². The molecule has 0 atom stereocenters. The quantitative estimate of drug-likeness (QED) is 0.475. The van der Waals surface area contributed by atoms with Gasteiger partial charge in [0, 0.05) is 24.6 Å². The molecule has 0 amide bonds. The van der Waals surface area contributed by atoms with Crippen LogP contribution in [0.4, 0.5) is 0 Å². The first-order valence-corrected chi connectivity index (χ1v) is 6.20. The lowest BCUT2D eigenvalue weighted by molar-refractivity contribution is 0.241. The van der Waals surface area contributed by atoms with E-state index in [4.69, 9.17) is 10.00 Å². The van der Waals surface area contributed by atoms with Gasteiger partial charge in [-0.25, -0.2) is 4.40 Å². The van der Waals surface area contributed by atoms with Gasteiger partial charge >= 0.3 is 0 Å². The Morgan fingerprint density at radius 2 is 2.22 bits per heavy atom. The Hall–Kier alpha value is -1.80. The van der Waals surface area contributed by atoms with E-state index in [1.54, 1.807) is 19.2 Å². The van der Waals surface area contributed by atoms with Gasteiger partial charge in [0.2, 0.25) is 0 Å². The first-order chi connectivity index (χ1) is 8.62. The van der Waals surface area contributed by atoms with Crippen LogP contribution in [0.2, 0.25) is 0 Å². The van der Waals surface area contributed by atoms with Gasteiger partial charge in [0.25, 0.3) is 0 Å². The normalized spacial score (nSPS) is 11.2. The molecule has 0 bridgehead atoms. The number of nitriles is 1. The molecular formula is C13H15N3OS. The summed E-state index contributed by atoms with van der Waals surface area (Å²) >= 11 is 1.18. The van der Waals surface area contributed by atoms with Crippen molar-refractivity contribution in [2.24, 2.45) is 9.39 Å². The van der Waals surface area contributed by atoms with Crippen molar-refractivity contribution in [3.8, 4) is 11.8 Å². The molecule has 0 saturated carbocycles. The van der Waals surface area contributed by atoms with E-state index in [9.17, 15) is 0 Å². The lowest BCUT2D eigenvalue weighted by Crippen LogP contribution is -2.07. The maximum atomic E-state index is 9.13. The van der Waals surface area contributed by atoms with Crippen LogP contribution >= 0.6 is 11.9 Å². The molecule has 0 radical (unpaired) electrons. The zero-order valence-electron chi connectivity index (χ0n) is 10.7. The topological polar surface area (TPSA) is 57.7 Å². The van der Waals surface area contributed by atoms with Gasteiger partial charge in [0.05, 0.1) is 11.7 Å². The van der Waals surface area contributed by atoms with Crippen molar-refractivity contribution < 1.29 is 4.74 Å².